The number of benzene rings is 1. The first kappa shape index (κ1) is 11.9. The van der Waals surface area contributed by atoms with Gasteiger partial charge in [0, 0.05) is 36.6 Å². The molecule has 1 aromatic carbocycles. The van der Waals surface area contributed by atoms with E-state index in [4.69, 9.17) is 0 Å². The minimum Gasteiger partial charge on any atom is -0.336 e. The third kappa shape index (κ3) is 2.00. The average molecular weight is 252 g/mol. The fourth-order valence-corrected chi connectivity index (χ4v) is 2.44. The van der Waals surface area contributed by atoms with Gasteiger partial charge in [-0.3, -0.25) is 4.98 Å². The summed E-state index contributed by atoms with van der Waals surface area (Å²) in [6.45, 7) is 0. The molecule has 1 N–H and O–H groups in total. The fraction of sp³-hybridized carbons (Fsp3) is 0.200. The third-order valence-corrected chi connectivity index (χ3v) is 3.38. The number of hydrogen-bond donors (Lipinski definition) is 1. The molecule has 0 aliphatic carbocycles. The summed E-state index contributed by atoms with van der Waals surface area (Å²) >= 11 is 0. The lowest BCUT2D eigenvalue weighted by Gasteiger charge is -2.17. The van der Waals surface area contributed by atoms with Crippen molar-refractivity contribution in [3.05, 3.63) is 60.3 Å². The van der Waals surface area contributed by atoms with Gasteiger partial charge in [0.05, 0.1) is 11.6 Å². The van der Waals surface area contributed by atoms with Crippen LogP contribution in [0.15, 0.2) is 48.9 Å². The first-order valence-electron chi connectivity index (χ1n) is 6.29. The fourth-order valence-electron chi connectivity index (χ4n) is 2.44. The molecule has 0 radical (unpaired) electrons. The number of hydrogen-bond acceptors (Lipinski definition) is 3. The predicted molar refractivity (Wildman–Crippen MR) is 75.9 cm³/mol. The maximum atomic E-state index is 4.51. The van der Waals surface area contributed by atoms with Crippen LogP contribution in [0.1, 0.15) is 17.4 Å². The van der Waals surface area contributed by atoms with Crippen molar-refractivity contribution in [3.63, 3.8) is 0 Å². The zero-order chi connectivity index (χ0) is 13.2. The zero-order valence-electron chi connectivity index (χ0n) is 11.0. The van der Waals surface area contributed by atoms with Gasteiger partial charge in [0.25, 0.3) is 0 Å². The summed E-state index contributed by atoms with van der Waals surface area (Å²) in [6.07, 6.45) is 5.60. The van der Waals surface area contributed by atoms with Crippen LogP contribution in [0, 0.1) is 0 Å². The standard InChI is InChI=1S/C15H16N4/c1-16-14(15-18-9-10-19(15)2)12-7-3-5-11-6-4-8-17-13(11)12/h3-10,14,16H,1-2H3. The molecule has 0 fully saturated rings. The summed E-state index contributed by atoms with van der Waals surface area (Å²) in [5.74, 6) is 0.987. The normalized spacial score (nSPS) is 12.7. The second-order valence-electron chi connectivity index (χ2n) is 4.54. The molecule has 2 aromatic heterocycles. The Morgan fingerprint density at radius 2 is 1.95 bits per heavy atom. The van der Waals surface area contributed by atoms with Gasteiger partial charge in [-0.25, -0.2) is 4.98 Å². The molecule has 3 rings (SSSR count). The Morgan fingerprint density at radius 1 is 1.11 bits per heavy atom. The van der Waals surface area contributed by atoms with Gasteiger partial charge in [0.15, 0.2) is 0 Å². The van der Waals surface area contributed by atoms with Crippen LogP contribution in [0.5, 0.6) is 0 Å². The number of imidazole rings is 1. The van der Waals surface area contributed by atoms with Crippen molar-refractivity contribution in [2.24, 2.45) is 7.05 Å². The number of pyridine rings is 1. The van der Waals surface area contributed by atoms with Crippen LogP contribution in [-0.2, 0) is 7.05 Å². The van der Waals surface area contributed by atoms with E-state index in [2.05, 4.69) is 39.6 Å². The molecule has 3 aromatic rings. The summed E-state index contributed by atoms with van der Waals surface area (Å²) < 4.78 is 2.03. The van der Waals surface area contributed by atoms with Crippen molar-refractivity contribution in [3.8, 4) is 0 Å². The van der Waals surface area contributed by atoms with Crippen molar-refractivity contribution in [2.75, 3.05) is 7.05 Å². The van der Waals surface area contributed by atoms with Crippen LogP contribution in [0.25, 0.3) is 10.9 Å². The molecule has 4 nitrogen and oxygen atoms in total. The number of fused-ring (bicyclic) bond motifs is 1. The van der Waals surface area contributed by atoms with Crippen molar-refractivity contribution in [1.29, 1.82) is 0 Å². The monoisotopic (exact) mass is 252 g/mol. The predicted octanol–water partition coefficient (Wildman–Crippen LogP) is 2.28. The highest BCUT2D eigenvalue weighted by Gasteiger charge is 2.18. The quantitative estimate of drug-likeness (QED) is 0.777. The first-order valence-corrected chi connectivity index (χ1v) is 6.29. The molecule has 0 bridgehead atoms. The minimum absolute atomic E-state index is 0.0404. The molecular weight excluding hydrogens is 236 g/mol. The lowest BCUT2D eigenvalue weighted by molar-refractivity contribution is 0.620. The van der Waals surface area contributed by atoms with Crippen molar-refractivity contribution in [2.45, 2.75) is 6.04 Å². The Labute approximate surface area is 112 Å². The van der Waals surface area contributed by atoms with Gasteiger partial charge < -0.3 is 9.88 Å². The molecule has 1 unspecified atom stereocenters. The van der Waals surface area contributed by atoms with E-state index in [-0.39, 0.29) is 6.04 Å². The van der Waals surface area contributed by atoms with Crippen molar-refractivity contribution < 1.29 is 0 Å². The minimum atomic E-state index is 0.0404. The van der Waals surface area contributed by atoms with E-state index >= 15 is 0 Å². The highest BCUT2D eigenvalue weighted by Crippen LogP contribution is 2.26. The average Bonchev–Trinajstić information content (AvgIpc) is 2.86. The van der Waals surface area contributed by atoms with E-state index < -0.39 is 0 Å². The Bertz CT molecular complexity index is 697. The molecule has 0 saturated carbocycles. The van der Waals surface area contributed by atoms with E-state index in [0.717, 1.165) is 22.3 Å². The van der Waals surface area contributed by atoms with Crippen molar-refractivity contribution >= 4 is 10.9 Å². The second-order valence-corrected chi connectivity index (χ2v) is 4.54. The molecule has 4 heteroatoms. The Kier molecular flexibility index (Phi) is 3.01. The van der Waals surface area contributed by atoms with E-state index in [9.17, 15) is 0 Å². The largest absolute Gasteiger partial charge is 0.336 e. The summed E-state index contributed by atoms with van der Waals surface area (Å²) in [5.41, 5.74) is 2.17. The molecule has 96 valence electrons. The molecule has 0 saturated heterocycles. The molecule has 0 aliphatic rings. The number of aromatic nitrogens is 3. The lowest BCUT2D eigenvalue weighted by atomic mass is 10.0. The van der Waals surface area contributed by atoms with Gasteiger partial charge >= 0.3 is 0 Å². The second kappa shape index (κ2) is 4.82. The van der Waals surface area contributed by atoms with Crippen LogP contribution < -0.4 is 5.32 Å². The van der Waals surface area contributed by atoms with Crippen LogP contribution >= 0.6 is 0 Å². The Hall–Kier alpha value is -2.20. The maximum Gasteiger partial charge on any atom is 0.130 e. The molecule has 1 atom stereocenters. The van der Waals surface area contributed by atoms with Gasteiger partial charge in [-0.05, 0) is 13.1 Å². The van der Waals surface area contributed by atoms with Gasteiger partial charge in [-0.2, -0.15) is 0 Å². The maximum absolute atomic E-state index is 4.51. The van der Waals surface area contributed by atoms with Gasteiger partial charge in [-0.15, -0.1) is 0 Å². The summed E-state index contributed by atoms with van der Waals surface area (Å²) in [5, 5.41) is 4.48. The number of aryl methyl sites for hydroxylation is 1. The van der Waals surface area contributed by atoms with E-state index in [1.165, 1.54) is 0 Å². The first-order chi connectivity index (χ1) is 9.31. The molecule has 2 heterocycles. The van der Waals surface area contributed by atoms with Crippen LogP contribution in [0.2, 0.25) is 0 Å². The van der Waals surface area contributed by atoms with E-state index in [1.807, 2.05) is 43.3 Å². The number of nitrogens with zero attached hydrogens (tertiary/aromatic N) is 3. The van der Waals surface area contributed by atoms with Gasteiger partial charge in [0.2, 0.25) is 0 Å². The summed E-state index contributed by atoms with van der Waals surface area (Å²) in [4.78, 5) is 8.96. The number of para-hydroxylation sites is 1. The smallest absolute Gasteiger partial charge is 0.130 e. The number of rotatable bonds is 3. The van der Waals surface area contributed by atoms with Crippen molar-refractivity contribution in [1.82, 2.24) is 19.9 Å². The molecule has 0 spiro atoms. The molecule has 0 aliphatic heterocycles. The van der Waals surface area contributed by atoms with Gasteiger partial charge in [0.1, 0.15) is 5.82 Å². The summed E-state index contributed by atoms with van der Waals surface area (Å²) in [6, 6.07) is 10.3. The molecule has 0 amide bonds. The van der Waals surface area contributed by atoms with Gasteiger partial charge in [-0.1, -0.05) is 24.3 Å². The topological polar surface area (TPSA) is 42.7 Å². The third-order valence-electron chi connectivity index (χ3n) is 3.38. The number of nitrogens with one attached hydrogen (secondary N) is 1. The Morgan fingerprint density at radius 3 is 2.68 bits per heavy atom. The van der Waals surface area contributed by atoms with E-state index in [1.54, 1.807) is 0 Å². The van der Waals surface area contributed by atoms with Crippen LogP contribution in [0.3, 0.4) is 0 Å². The van der Waals surface area contributed by atoms with Crippen LogP contribution in [0.4, 0.5) is 0 Å². The lowest BCUT2D eigenvalue weighted by Crippen LogP contribution is -2.21. The molecular formula is C15H16N4. The van der Waals surface area contributed by atoms with E-state index in [0.29, 0.717) is 0 Å². The Balaban J connectivity index is 2.20. The summed E-state index contributed by atoms with van der Waals surface area (Å²) in [7, 11) is 3.95. The highest BCUT2D eigenvalue weighted by molar-refractivity contribution is 5.82. The van der Waals surface area contributed by atoms with Crippen LogP contribution in [-0.4, -0.2) is 21.6 Å². The SMILES string of the molecule is CNC(c1cccc2cccnc12)c1nccn1C. The zero-order valence-corrected chi connectivity index (χ0v) is 11.0. The molecule has 19 heavy (non-hydrogen) atoms. The highest BCUT2D eigenvalue weighted by atomic mass is 15.1.